The number of carbonyl (C=O) groups is 6. The number of hydrogen-bond acceptors (Lipinski definition) is 7. The van der Waals surface area contributed by atoms with Gasteiger partial charge in [-0.2, -0.15) is 0 Å². The van der Waals surface area contributed by atoms with Gasteiger partial charge in [0, 0.05) is 72.6 Å². The summed E-state index contributed by atoms with van der Waals surface area (Å²) in [6.07, 6.45) is -3.41. The molecule has 1 fully saturated rings. The van der Waals surface area contributed by atoms with Gasteiger partial charge in [0.1, 0.15) is 0 Å². The molecule has 3 amide bonds. The molecule has 34 heavy (non-hydrogen) atoms. The van der Waals surface area contributed by atoms with Crippen molar-refractivity contribution in [3.8, 4) is 0 Å². The number of aliphatic carboxylic acids is 3. The Bertz CT molecular complexity index is 633. The molecule has 1 saturated heterocycles. The first kappa shape index (κ1) is 34.8. The molecule has 1 rings (SSSR count). The maximum absolute atomic E-state index is 11.3. The normalized spacial score (nSPS) is 16.2. The van der Waals surface area contributed by atoms with Gasteiger partial charge in [0.25, 0.3) is 17.9 Å². The largest absolute Gasteiger partial charge is 0.481 e. The van der Waals surface area contributed by atoms with E-state index in [2.05, 4.69) is 5.32 Å². The number of amides is 3. The van der Waals surface area contributed by atoms with E-state index in [1.54, 1.807) is 6.92 Å². The fourth-order valence-corrected chi connectivity index (χ4v) is 2.27. The van der Waals surface area contributed by atoms with Crippen molar-refractivity contribution in [2.75, 3.05) is 45.8 Å². The second-order valence-corrected chi connectivity index (χ2v) is 6.63. The summed E-state index contributed by atoms with van der Waals surface area (Å²) in [4.78, 5) is 64.0. The van der Waals surface area contributed by atoms with Gasteiger partial charge in [-0.25, -0.2) is 14.4 Å². The molecule has 16 nitrogen and oxygen atoms in total. The molecule has 0 aromatic heterocycles. The van der Waals surface area contributed by atoms with E-state index in [0.29, 0.717) is 13.1 Å². The molecule has 16 heteroatoms. The van der Waals surface area contributed by atoms with Crippen molar-refractivity contribution in [1.29, 1.82) is 0 Å². The van der Waals surface area contributed by atoms with Crippen molar-refractivity contribution in [1.82, 2.24) is 20.0 Å². The van der Waals surface area contributed by atoms with Gasteiger partial charge in [-0.1, -0.05) is 0 Å². The molecular weight excluding hydrogens is 464 g/mol. The number of nitrogens with zero attached hydrogens (tertiary/aromatic N) is 3. The summed E-state index contributed by atoms with van der Waals surface area (Å²) >= 11 is 0. The van der Waals surface area contributed by atoms with E-state index in [1.165, 1.54) is 4.90 Å². The van der Waals surface area contributed by atoms with E-state index < -0.39 is 42.2 Å². The lowest BCUT2D eigenvalue weighted by atomic mass is 10.2. The maximum atomic E-state index is 11.3. The van der Waals surface area contributed by atoms with Crippen LogP contribution in [-0.2, 0) is 14.4 Å². The first-order valence-corrected chi connectivity index (χ1v) is 9.77. The van der Waals surface area contributed by atoms with Gasteiger partial charge in [0.15, 0.2) is 0 Å². The van der Waals surface area contributed by atoms with Crippen LogP contribution >= 0.6 is 0 Å². The van der Waals surface area contributed by atoms with E-state index in [-0.39, 0.29) is 32.7 Å². The summed E-state index contributed by atoms with van der Waals surface area (Å²) in [6, 6.07) is -0.520. The lowest BCUT2D eigenvalue weighted by Gasteiger charge is -2.32. The highest BCUT2D eigenvalue weighted by Gasteiger charge is 2.25. The Kier molecular flexibility index (Phi) is 20.3. The third-order valence-electron chi connectivity index (χ3n) is 3.53. The first-order valence-electron chi connectivity index (χ1n) is 9.77. The van der Waals surface area contributed by atoms with E-state index >= 15 is 0 Å². The minimum absolute atomic E-state index is 0.000563. The zero-order valence-corrected chi connectivity index (χ0v) is 19.5. The number of hydrogen-bond donors (Lipinski definition) is 7. The molecular formula is C18H34N4O12. The molecule has 7 N–H and O–H groups in total. The monoisotopic (exact) mass is 498 g/mol. The summed E-state index contributed by atoms with van der Waals surface area (Å²) in [5.74, 6) is -2.50. The third-order valence-corrected chi connectivity index (χ3v) is 3.53. The van der Waals surface area contributed by atoms with Crippen molar-refractivity contribution in [3.05, 3.63) is 0 Å². The minimum Gasteiger partial charge on any atom is -0.481 e. The van der Waals surface area contributed by atoms with Crippen LogP contribution < -0.4 is 5.32 Å². The molecule has 1 heterocycles. The Labute approximate surface area is 196 Å². The second-order valence-electron chi connectivity index (χ2n) is 6.63. The summed E-state index contributed by atoms with van der Waals surface area (Å²) < 4.78 is 0. The highest BCUT2D eigenvalue weighted by Crippen LogP contribution is 2.05. The minimum atomic E-state index is -1.20. The van der Waals surface area contributed by atoms with Crippen LogP contribution in [0.1, 0.15) is 27.7 Å². The Hall–Kier alpha value is -3.82. The van der Waals surface area contributed by atoms with Gasteiger partial charge >= 0.3 is 18.3 Å². The van der Waals surface area contributed by atoms with Crippen molar-refractivity contribution < 1.29 is 59.4 Å². The summed E-state index contributed by atoms with van der Waals surface area (Å²) in [5.41, 5.74) is 0. The van der Waals surface area contributed by atoms with Gasteiger partial charge in [0.05, 0.1) is 0 Å². The molecule has 0 aromatic carbocycles. The van der Waals surface area contributed by atoms with Gasteiger partial charge < -0.3 is 50.7 Å². The third kappa shape index (κ3) is 24.4. The Balaban J connectivity index is -0.000000661. The first-order chi connectivity index (χ1) is 15.5. The van der Waals surface area contributed by atoms with Gasteiger partial charge in [0.2, 0.25) is 0 Å². The Morgan fingerprint density at radius 3 is 1.32 bits per heavy atom. The van der Waals surface area contributed by atoms with Gasteiger partial charge in [-0.15, -0.1) is 0 Å². The van der Waals surface area contributed by atoms with E-state index in [0.717, 1.165) is 30.6 Å². The average Bonchev–Trinajstić information content (AvgIpc) is 2.62. The van der Waals surface area contributed by atoms with Gasteiger partial charge in [-0.3, -0.25) is 14.4 Å². The number of carboxylic acids is 3. The zero-order chi connectivity index (χ0) is 27.4. The van der Waals surface area contributed by atoms with Crippen molar-refractivity contribution in [3.63, 3.8) is 0 Å². The fraction of sp³-hybridized carbons (Fsp3) is 0.667. The molecule has 1 aliphatic rings. The molecule has 1 atom stereocenters. The molecule has 198 valence electrons. The SMILES string of the molecule is CC(=O)O.CC(=O)O.CC(=O)O.CC1CN(C(=O)O)CCN(C(=O)O)CCNCCN1C(=O)O. The lowest BCUT2D eigenvalue weighted by Crippen LogP contribution is -2.51. The molecule has 0 radical (unpaired) electrons. The molecule has 0 aromatic rings. The number of rotatable bonds is 0. The predicted molar refractivity (Wildman–Crippen MR) is 116 cm³/mol. The quantitative estimate of drug-likeness (QED) is 0.236. The number of carboxylic acid groups (broad SMARTS) is 6. The standard InChI is InChI=1S/C12H22N4O6.3C2H4O2/c1-9-8-15(11(19)20)7-6-14(10(17)18)4-2-13-3-5-16(9)12(21)22;3*1-2(3)4/h9,13H,2-8H2,1H3,(H,17,18)(H,19,20)(H,21,22);3*1H3,(H,3,4). The molecule has 1 unspecified atom stereocenters. The van der Waals surface area contributed by atoms with Crippen LogP contribution in [-0.4, -0.2) is 133 Å². The topological polar surface area (TPSA) is 246 Å². The van der Waals surface area contributed by atoms with Crippen LogP contribution in [0.2, 0.25) is 0 Å². The van der Waals surface area contributed by atoms with Crippen molar-refractivity contribution >= 4 is 36.2 Å². The zero-order valence-electron chi connectivity index (χ0n) is 19.5. The molecule has 0 spiro atoms. The van der Waals surface area contributed by atoms with Crippen LogP contribution in [0.15, 0.2) is 0 Å². The summed E-state index contributed by atoms with van der Waals surface area (Å²) in [7, 11) is 0. The average molecular weight is 498 g/mol. The Morgan fingerprint density at radius 2 is 0.971 bits per heavy atom. The Morgan fingerprint density at radius 1 is 0.618 bits per heavy atom. The molecule has 0 aliphatic carbocycles. The van der Waals surface area contributed by atoms with E-state index in [9.17, 15) is 24.6 Å². The number of nitrogens with one attached hydrogen (secondary N) is 1. The fourth-order valence-electron chi connectivity index (χ4n) is 2.27. The van der Waals surface area contributed by atoms with Crippen molar-refractivity contribution in [2.45, 2.75) is 33.7 Å². The lowest BCUT2D eigenvalue weighted by molar-refractivity contribution is -0.135. The summed E-state index contributed by atoms with van der Waals surface area (Å²) in [6.45, 7) is 6.09. The van der Waals surface area contributed by atoms with Crippen LogP contribution in [0.5, 0.6) is 0 Å². The van der Waals surface area contributed by atoms with E-state index in [4.69, 9.17) is 34.8 Å². The van der Waals surface area contributed by atoms with Crippen LogP contribution in [0, 0.1) is 0 Å². The van der Waals surface area contributed by atoms with Crippen molar-refractivity contribution in [2.24, 2.45) is 0 Å². The highest BCUT2D eigenvalue weighted by molar-refractivity contribution is 5.67. The van der Waals surface area contributed by atoms with Crippen LogP contribution in [0.3, 0.4) is 0 Å². The molecule has 1 aliphatic heterocycles. The van der Waals surface area contributed by atoms with Gasteiger partial charge in [-0.05, 0) is 6.92 Å². The predicted octanol–water partition coefficient (Wildman–Crippen LogP) is 0.191. The molecule has 0 bridgehead atoms. The highest BCUT2D eigenvalue weighted by atomic mass is 16.4. The molecule has 0 saturated carbocycles. The van der Waals surface area contributed by atoms with E-state index in [1.807, 2.05) is 0 Å². The van der Waals surface area contributed by atoms with Crippen LogP contribution in [0.25, 0.3) is 0 Å². The smallest absolute Gasteiger partial charge is 0.407 e. The summed E-state index contributed by atoms with van der Waals surface area (Å²) in [5, 5.41) is 52.7. The van der Waals surface area contributed by atoms with Crippen LogP contribution in [0.4, 0.5) is 14.4 Å². The maximum Gasteiger partial charge on any atom is 0.407 e. The second kappa shape index (κ2) is 19.8.